The van der Waals surface area contributed by atoms with Crippen molar-refractivity contribution >= 4 is 11.6 Å². The molecule has 0 bridgehead atoms. The zero-order valence-electron chi connectivity index (χ0n) is 12.7. The van der Waals surface area contributed by atoms with Crippen molar-refractivity contribution in [2.45, 2.75) is 51.7 Å². The Labute approximate surface area is 124 Å². The number of aromatic nitrogens is 2. The molecule has 1 aromatic heterocycles. The van der Waals surface area contributed by atoms with Crippen LogP contribution in [-0.4, -0.2) is 34.6 Å². The number of amides is 1. The zero-order chi connectivity index (χ0) is 15.4. The lowest BCUT2D eigenvalue weighted by Gasteiger charge is -2.28. The third kappa shape index (κ3) is 3.89. The minimum atomic E-state index is -0.230. The normalized spacial score (nSPS) is 22.1. The number of nitrogens with two attached hydrogens (primary N) is 1. The van der Waals surface area contributed by atoms with Crippen molar-refractivity contribution < 1.29 is 9.53 Å². The third-order valence-corrected chi connectivity index (χ3v) is 3.51. The van der Waals surface area contributed by atoms with Gasteiger partial charge < -0.3 is 15.5 Å². The predicted octanol–water partition coefficient (Wildman–Crippen LogP) is 1.18. The van der Waals surface area contributed by atoms with Crippen LogP contribution in [0.5, 0.6) is 0 Å². The first-order valence-corrected chi connectivity index (χ1v) is 7.27. The molecule has 21 heavy (non-hydrogen) atoms. The second kappa shape index (κ2) is 6.82. The maximum absolute atomic E-state index is 12.4. The molecule has 0 aromatic carbocycles. The van der Waals surface area contributed by atoms with Crippen LogP contribution in [0.25, 0.3) is 0 Å². The smallest absolute Gasteiger partial charge is 0.272 e. The van der Waals surface area contributed by atoms with E-state index in [2.05, 4.69) is 20.7 Å². The van der Waals surface area contributed by atoms with Crippen molar-refractivity contribution in [3.8, 4) is 0 Å². The lowest BCUT2D eigenvalue weighted by molar-refractivity contribution is 0.0136. The van der Waals surface area contributed by atoms with E-state index in [9.17, 15) is 4.79 Å². The molecule has 0 spiro atoms. The highest BCUT2D eigenvalue weighted by Crippen LogP contribution is 2.17. The van der Waals surface area contributed by atoms with Crippen molar-refractivity contribution in [2.75, 3.05) is 12.0 Å². The molecule has 1 aliphatic rings. The average molecular weight is 293 g/mol. The molecule has 1 aromatic rings. The molecular weight excluding hydrogens is 270 g/mol. The van der Waals surface area contributed by atoms with Gasteiger partial charge in [-0.25, -0.2) is 9.97 Å². The highest BCUT2D eigenvalue weighted by molar-refractivity contribution is 5.97. The first kappa shape index (κ1) is 15.7. The number of hydrogen-bond acceptors (Lipinski definition) is 6. The van der Waals surface area contributed by atoms with Crippen LogP contribution in [0, 0.1) is 0 Å². The summed E-state index contributed by atoms with van der Waals surface area (Å²) in [5.74, 6) is 5.98. The predicted molar refractivity (Wildman–Crippen MR) is 79.8 cm³/mol. The maximum Gasteiger partial charge on any atom is 0.272 e. The maximum atomic E-state index is 12.4. The summed E-state index contributed by atoms with van der Waals surface area (Å²) in [6.07, 6.45) is 3.32. The standard InChI is InChI=1S/C14H23N5O2/c1-8(2)13-16-7-11(19-15)12(18-13)14(20)17-10-4-5-21-9(3)6-10/h7-10,19H,4-6,15H2,1-3H3,(H,17,20). The Kier molecular flexibility index (Phi) is 5.08. The van der Waals surface area contributed by atoms with Gasteiger partial charge in [0.15, 0.2) is 5.69 Å². The van der Waals surface area contributed by atoms with Crippen LogP contribution >= 0.6 is 0 Å². The van der Waals surface area contributed by atoms with Gasteiger partial charge in [0, 0.05) is 18.6 Å². The summed E-state index contributed by atoms with van der Waals surface area (Å²) in [5, 5.41) is 3.00. The molecule has 0 saturated carbocycles. The summed E-state index contributed by atoms with van der Waals surface area (Å²) in [5.41, 5.74) is 3.19. The Morgan fingerprint density at radius 2 is 2.29 bits per heavy atom. The molecule has 2 heterocycles. The Hall–Kier alpha value is -1.73. The van der Waals surface area contributed by atoms with Crippen LogP contribution in [-0.2, 0) is 4.74 Å². The molecule has 1 aliphatic heterocycles. The largest absolute Gasteiger partial charge is 0.378 e. The number of hydrogen-bond donors (Lipinski definition) is 3. The molecule has 7 heteroatoms. The Balaban J connectivity index is 2.15. The van der Waals surface area contributed by atoms with E-state index in [1.807, 2.05) is 20.8 Å². The zero-order valence-corrected chi connectivity index (χ0v) is 12.7. The molecule has 2 atom stereocenters. The highest BCUT2D eigenvalue weighted by atomic mass is 16.5. The first-order valence-electron chi connectivity index (χ1n) is 7.27. The average Bonchev–Trinajstić information content (AvgIpc) is 2.46. The summed E-state index contributed by atoms with van der Waals surface area (Å²) in [6.45, 7) is 6.63. The van der Waals surface area contributed by atoms with E-state index < -0.39 is 0 Å². The van der Waals surface area contributed by atoms with Crippen molar-refractivity contribution in [3.05, 3.63) is 17.7 Å². The number of rotatable bonds is 4. The number of carbonyl (C=O) groups is 1. The van der Waals surface area contributed by atoms with Crippen LogP contribution < -0.4 is 16.6 Å². The highest BCUT2D eigenvalue weighted by Gasteiger charge is 2.23. The summed E-state index contributed by atoms with van der Waals surface area (Å²) in [4.78, 5) is 21.0. The molecule has 1 saturated heterocycles. The van der Waals surface area contributed by atoms with E-state index in [0.717, 1.165) is 12.8 Å². The van der Waals surface area contributed by atoms with Gasteiger partial charge in [0.1, 0.15) is 5.82 Å². The van der Waals surface area contributed by atoms with Gasteiger partial charge >= 0.3 is 0 Å². The van der Waals surface area contributed by atoms with E-state index >= 15 is 0 Å². The van der Waals surface area contributed by atoms with Crippen molar-refractivity contribution in [1.82, 2.24) is 15.3 Å². The summed E-state index contributed by atoms with van der Waals surface area (Å²) < 4.78 is 5.48. The Morgan fingerprint density at radius 1 is 1.52 bits per heavy atom. The number of ether oxygens (including phenoxy) is 1. The van der Waals surface area contributed by atoms with Crippen LogP contribution in [0.3, 0.4) is 0 Å². The number of hydrazine groups is 1. The number of anilines is 1. The van der Waals surface area contributed by atoms with Gasteiger partial charge in [0.25, 0.3) is 5.91 Å². The van der Waals surface area contributed by atoms with Gasteiger partial charge in [0.05, 0.1) is 18.0 Å². The van der Waals surface area contributed by atoms with E-state index in [4.69, 9.17) is 10.6 Å². The van der Waals surface area contributed by atoms with E-state index in [0.29, 0.717) is 18.1 Å². The van der Waals surface area contributed by atoms with Crippen LogP contribution in [0.15, 0.2) is 6.20 Å². The van der Waals surface area contributed by atoms with E-state index in [1.165, 1.54) is 0 Å². The van der Waals surface area contributed by atoms with E-state index in [-0.39, 0.29) is 29.7 Å². The second-order valence-electron chi connectivity index (χ2n) is 5.67. The Morgan fingerprint density at radius 3 is 2.90 bits per heavy atom. The number of nitrogens with zero attached hydrogens (tertiary/aromatic N) is 2. The summed E-state index contributed by atoms with van der Waals surface area (Å²) in [7, 11) is 0. The molecule has 4 N–H and O–H groups in total. The molecule has 1 fully saturated rings. The molecule has 2 unspecified atom stereocenters. The van der Waals surface area contributed by atoms with E-state index in [1.54, 1.807) is 6.20 Å². The van der Waals surface area contributed by atoms with Crippen molar-refractivity contribution in [3.63, 3.8) is 0 Å². The fourth-order valence-corrected chi connectivity index (χ4v) is 2.34. The quantitative estimate of drug-likeness (QED) is 0.569. The van der Waals surface area contributed by atoms with Gasteiger partial charge in [-0.05, 0) is 19.8 Å². The Bertz CT molecular complexity index is 506. The summed E-state index contributed by atoms with van der Waals surface area (Å²) >= 11 is 0. The molecular formula is C14H23N5O2. The molecule has 116 valence electrons. The molecule has 0 radical (unpaired) electrons. The molecule has 1 amide bonds. The van der Waals surface area contributed by atoms with Crippen LogP contribution in [0.2, 0.25) is 0 Å². The number of nitrogens with one attached hydrogen (secondary N) is 2. The fourth-order valence-electron chi connectivity index (χ4n) is 2.34. The lowest BCUT2D eigenvalue weighted by atomic mass is 10.0. The van der Waals surface area contributed by atoms with Gasteiger partial charge in [-0.2, -0.15) is 0 Å². The lowest BCUT2D eigenvalue weighted by Crippen LogP contribution is -2.42. The van der Waals surface area contributed by atoms with Gasteiger partial charge in [-0.15, -0.1) is 0 Å². The molecule has 0 aliphatic carbocycles. The van der Waals surface area contributed by atoms with Crippen molar-refractivity contribution in [1.29, 1.82) is 0 Å². The minimum absolute atomic E-state index is 0.101. The minimum Gasteiger partial charge on any atom is -0.378 e. The van der Waals surface area contributed by atoms with Crippen molar-refractivity contribution in [2.24, 2.45) is 5.84 Å². The topological polar surface area (TPSA) is 102 Å². The SMILES string of the molecule is CC1CC(NC(=O)c2nc(C(C)C)ncc2NN)CCO1. The first-order chi connectivity index (χ1) is 10.0. The van der Waals surface area contributed by atoms with Crippen LogP contribution in [0.1, 0.15) is 55.8 Å². The van der Waals surface area contributed by atoms with Gasteiger partial charge in [0.2, 0.25) is 0 Å². The number of carbonyl (C=O) groups excluding carboxylic acids is 1. The third-order valence-electron chi connectivity index (χ3n) is 3.51. The monoisotopic (exact) mass is 293 g/mol. The number of nitrogen functional groups attached to an aromatic ring is 1. The fraction of sp³-hybridized carbons (Fsp3) is 0.643. The van der Waals surface area contributed by atoms with Gasteiger partial charge in [-0.3, -0.25) is 10.6 Å². The summed E-state index contributed by atoms with van der Waals surface area (Å²) in [6, 6.07) is 0.101. The second-order valence-corrected chi connectivity index (χ2v) is 5.67. The molecule has 7 nitrogen and oxygen atoms in total. The van der Waals surface area contributed by atoms with Gasteiger partial charge in [-0.1, -0.05) is 13.8 Å². The molecule has 2 rings (SSSR count). The van der Waals surface area contributed by atoms with Crippen LogP contribution in [0.4, 0.5) is 5.69 Å².